The molecule has 11 aromatic rings. The van der Waals surface area contributed by atoms with E-state index < -0.39 is 0 Å². The fourth-order valence-electron chi connectivity index (χ4n) is 8.38. The maximum Gasteiger partial charge on any atom is 0.0571 e. The lowest BCUT2D eigenvalue weighted by Gasteiger charge is -2.11. The van der Waals surface area contributed by atoms with Crippen molar-refractivity contribution in [3.8, 4) is 28.2 Å². The fourth-order valence-corrected chi connectivity index (χ4v) is 8.38. The largest absolute Gasteiger partial charge is 0.309 e. The van der Waals surface area contributed by atoms with Gasteiger partial charge in [0.15, 0.2) is 0 Å². The number of benzene rings is 7. The average molecular weight is 651 g/mol. The Bertz CT molecular complexity index is 3130. The summed E-state index contributed by atoms with van der Waals surface area (Å²) >= 11 is 0. The summed E-state index contributed by atoms with van der Waals surface area (Å²) in [6.45, 7) is 0. The first-order valence-corrected chi connectivity index (χ1v) is 17.4. The van der Waals surface area contributed by atoms with Crippen LogP contribution in [0.5, 0.6) is 0 Å². The van der Waals surface area contributed by atoms with Crippen molar-refractivity contribution in [2.45, 2.75) is 0 Å². The number of rotatable bonds is 4. The Balaban J connectivity index is 1.20. The van der Waals surface area contributed by atoms with Crippen molar-refractivity contribution in [2.75, 3.05) is 0 Å². The van der Waals surface area contributed by atoms with Gasteiger partial charge >= 0.3 is 0 Å². The molecule has 0 radical (unpaired) electrons. The van der Waals surface area contributed by atoms with E-state index >= 15 is 0 Å². The van der Waals surface area contributed by atoms with E-state index in [2.05, 4.69) is 189 Å². The Morgan fingerprint density at radius 1 is 0.314 bits per heavy atom. The first-order chi connectivity index (χ1) is 25.3. The summed E-state index contributed by atoms with van der Waals surface area (Å²) in [6.07, 6.45) is 3.88. The highest BCUT2D eigenvalue weighted by molar-refractivity contribution is 6.29. The smallest absolute Gasteiger partial charge is 0.0571 e. The van der Waals surface area contributed by atoms with Gasteiger partial charge in [-0.1, -0.05) is 97.1 Å². The van der Waals surface area contributed by atoms with Crippen molar-refractivity contribution >= 4 is 65.4 Å². The average Bonchev–Trinajstić information content (AvgIpc) is 3.84. The Morgan fingerprint density at radius 2 is 0.824 bits per heavy atom. The van der Waals surface area contributed by atoms with E-state index in [1.165, 1.54) is 60.1 Å². The third-order valence-corrected chi connectivity index (χ3v) is 10.5. The highest BCUT2D eigenvalue weighted by Gasteiger charge is 2.21. The lowest BCUT2D eigenvalue weighted by Crippen LogP contribution is -1.96. The molecule has 0 fully saturated rings. The van der Waals surface area contributed by atoms with Crippen LogP contribution < -0.4 is 0 Å². The molecule has 0 bridgehead atoms. The fraction of sp³-hybridized carbons (Fsp3) is 0. The second-order valence-corrected chi connectivity index (χ2v) is 13.2. The molecule has 0 spiro atoms. The van der Waals surface area contributed by atoms with Crippen LogP contribution >= 0.6 is 0 Å². The number of pyridine rings is 1. The van der Waals surface area contributed by atoms with Crippen molar-refractivity contribution in [3.63, 3.8) is 0 Å². The van der Waals surface area contributed by atoms with E-state index in [0.29, 0.717) is 0 Å². The molecule has 4 heteroatoms. The van der Waals surface area contributed by atoms with E-state index in [0.717, 1.165) is 33.5 Å². The van der Waals surface area contributed by atoms with Gasteiger partial charge in [-0.2, -0.15) is 0 Å². The summed E-state index contributed by atoms with van der Waals surface area (Å²) in [7, 11) is 0. The molecule has 7 aromatic carbocycles. The molecular formula is C47H30N4. The normalized spacial score (nSPS) is 11.9. The molecule has 0 aliphatic heterocycles. The number of aromatic nitrogens is 4. The molecule has 4 nitrogen and oxygen atoms in total. The van der Waals surface area contributed by atoms with Crippen LogP contribution in [0.2, 0.25) is 0 Å². The molecule has 11 rings (SSSR count). The van der Waals surface area contributed by atoms with Gasteiger partial charge in [0, 0.05) is 61.8 Å². The number of nitrogens with zero attached hydrogens (tertiary/aromatic N) is 4. The Morgan fingerprint density at radius 3 is 1.53 bits per heavy atom. The van der Waals surface area contributed by atoms with Gasteiger partial charge in [0.2, 0.25) is 0 Å². The molecule has 0 atom stereocenters. The number of hydrogen-bond donors (Lipinski definition) is 0. The predicted molar refractivity (Wildman–Crippen MR) is 213 cm³/mol. The van der Waals surface area contributed by atoms with Gasteiger partial charge in [0.25, 0.3) is 0 Å². The van der Waals surface area contributed by atoms with Crippen molar-refractivity contribution in [3.05, 3.63) is 182 Å². The molecular weight excluding hydrogens is 621 g/mol. The molecule has 0 saturated heterocycles. The van der Waals surface area contributed by atoms with Crippen molar-refractivity contribution in [2.24, 2.45) is 0 Å². The molecule has 0 N–H and O–H groups in total. The Kier molecular flexibility index (Phi) is 5.92. The first kappa shape index (κ1) is 28.0. The summed E-state index contributed by atoms with van der Waals surface area (Å²) in [5.41, 5.74) is 12.9. The van der Waals surface area contributed by atoms with E-state index in [9.17, 15) is 0 Å². The Hall–Kier alpha value is -6.91. The van der Waals surface area contributed by atoms with Crippen LogP contribution in [0.3, 0.4) is 0 Å². The van der Waals surface area contributed by atoms with Crippen LogP contribution in [0.4, 0.5) is 0 Å². The number of para-hydroxylation sites is 3. The van der Waals surface area contributed by atoms with E-state index in [-0.39, 0.29) is 0 Å². The zero-order valence-electron chi connectivity index (χ0n) is 27.6. The molecule has 238 valence electrons. The van der Waals surface area contributed by atoms with Crippen LogP contribution in [-0.4, -0.2) is 18.7 Å². The number of fused-ring (bicyclic) bond motifs is 10. The first-order valence-electron chi connectivity index (χ1n) is 17.4. The van der Waals surface area contributed by atoms with Gasteiger partial charge in [-0.05, 0) is 83.9 Å². The molecule has 51 heavy (non-hydrogen) atoms. The van der Waals surface area contributed by atoms with Crippen molar-refractivity contribution in [1.82, 2.24) is 18.7 Å². The number of hydrogen-bond acceptors (Lipinski definition) is 1. The lowest BCUT2D eigenvalue weighted by molar-refractivity contribution is 1.16. The SMILES string of the molecule is c1ccc(-c2cccc(-n3c4ccccc4c4c5c6ccccc6n(-c6ccc7c(c6)c6cnccc6n7-c6ccccc6)c5ccc43)c2)cc1. The van der Waals surface area contributed by atoms with Gasteiger partial charge < -0.3 is 13.7 Å². The van der Waals surface area contributed by atoms with Crippen LogP contribution in [0.15, 0.2) is 182 Å². The van der Waals surface area contributed by atoms with E-state index in [1.54, 1.807) is 0 Å². The summed E-state index contributed by atoms with van der Waals surface area (Å²) in [5, 5.41) is 7.36. The van der Waals surface area contributed by atoms with Crippen LogP contribution in [0.1, 0.15) is 0 Å². The molecule has 4 heterocycles. The van der Waals surface area contributed by atoms with Crippen LogP contribution in [0.25, 0.3) is 93.6 Å². The Labute approximate surface area is 293 Å². The van der Waals surface area contributed by atoms with E-state index in [1.807, 2.05) is 12.4 Å². The molecule has 0 saturated carbocycles. The van der Waals surface area contributed by atoms with Gasteiger partial charge in [0.1, 0.15) is 0 Å². The minimum Gasteiger partial charge on any atom is -0.309 e. The van der Waals surface area contributed by atoms with Gasteiger partial charge in [0.05, 0.1) is 33.1 Å². The second-order valence-electron chi connectivity index (χ2n) is 13.2. The third kappa shape index (κ3) is 4.05. The molecule has 0 unspecified atom stereocenters. The zero-order valence-corrected chi connectivity index (χ0v) is 27.6. The van der Waals surface area contributed by atoms with Crippen molar-refractivity contribution < 1.29 is 0 Å². The van der Waals surface area contributed by atoms with Gasteiger partial charge in [-0.3, -0.25) is 4.98 Å². The lowest BCUT2D eigenvalue weighted by atomic mass is 10.0. The third-order valence-electron chi connectivity index (χ3n) is 10.5. The van der Waals surface area contributed by atoms with Crippen molar-refractivity contribution in [1.29, 1.82) is 0 Å². The molecule has 0 aliphatic rings. The quantitative estimate of drug-likeness (QED) is 0.186. The van der Waals surface area contributed by atoms with E-state index in [4.69, 9.17) is 0 Å². The predicted octanol–water partition coefficient (Wildman–Crippen LogP) is 12.0. The summed E-state index contributed by atoms with van der Waals surface area (Å²) in [6, 6.07) is 61.4. The highest BCUT2D eigenvalue weighted by atomic mass is 15.0. The van der Waals surface area contributed by atoms with Gasteiger partial charge in [-0.25, -0.2) is 0 Å². The zero-order chi connectivity index (χ0) is 33.5. The second kappa shape index (κ2) is 10.8. The summed E-state index contributed by atoms with van der Waals surface area (Å²) in [5.74, 6) is 0. The molecule has 0 aliphatic carbocycles. The minimum atomic E-state index is 1.13. The maximum absolute atomic E-state index is 4.55. The minimum absolute atomic E-state index is 1.13. The topological polar surface area (TPSA) is 27.7 Å². The van der Waals surface area contributed by atoms with Gasteiger partial charge in [-0.15, -0.1) is 0 Å². The standard InChI is InChI=1S/C47H30N4/c1-3-12-31(13-4-1)32-14-11-17-34(28-32)50-40-20-9-7-18-36(40)46-44(50)24-25-45-47(46)37-19-8-10-21-41(37)51(45)35-22-23-42-38(29-35)39-30-48-27-26-43(39)49(42)33-15-5-2-6-16-33/h1-30H. The van der Waals surface area contributed by atoms with Crippen LogP contribution in [0, 0.1) is 0 Å². The van der Waals surface area contributed by atoms with Crippen LogP contribution in [-0.2, 0) is 0 Å². The molecule has 0 amide bonds. The summed E-state index contributed by atoms with van der Waals surface area (Å²) < 4.78 is 7.21. The monoisotopic (exact) mass is 650 g/mol. The summed E-state index contributed by atoms with van der Waals surface area (Å²) in [4.78, 5) is 4.55. The molecule has 4 aromatic heterocycles. The maximum atomic E-state index is 4.55. The highest BCUT2D eigenvalue weighted by Crippen LogP contribution is 2.43.